The summed E-state index contributed by atoms with van der Waals surface area (Å²) in [4.78, 5) is 0. The molecule has 0 fully saturated rings. The molecule has 5 heteroatoms. The molecule has 0 saturated carbocycles. The van der Waals surface area contributed by atoms with Gasteiger partial charge in [-0.15, -0.1) is 0 Å². The second-order valence-corrected chi connectivity index (χ2v) is 4.46. The van der Waals surface area contributed by atoms with Gasteiger partial charge >= 0.3 is 0 Å². The number of methoxy groups -OCH3 is 1. The Bertz CT molecular complexity index is 370. The minimum atomic E-state index is -2.94. The summed E-state index contributed by atoms with van der Waals surface area (Å²) in [5.74, 6) is 0.814. The first-order chi connectivity index (χ1) is 6.01. The van der Waals surface area contributed by atoms with Gasteiger partial charge in [0.25, 0.3) is 0 Å². The van der Waals surface area contributed by atoms with Crippen molar-refractivity contribution in [3.05, 3.63) is 29.8 Å². The van der Waals surface area contributed by atoms with Crippen molar-refractivity contribution in [1.29, 1.82) is 4.78 Å². The number of hydrogen-bond acceptors (Lipinski definition) is 3. The highest BCUT2D eigenvalue weighted by atomic mass is 32.2. The largest absolute Gasteiger partial charge is 0.497 e. The first-order valence-corrected chi connectivity index (χ1v) is 5.47. The van der Waals surface area contributed by atoms with Crippen molar-refractivity contribution in [1.82, 2.24) is 0 Å². The number of benzene rings is 1. The smallest absolute Gasteiger partial charge is 0.118 e. The summed E-state index contributed by atoms with van der Waals surface area (Å²) < 4.78 is 22.9. The third kappa shape index (κ3) is 3.43. The molecule has 13 heavy (non-hydrogen) atoms. The fourth-order valence-corrected chi connectivity index (χ4v) is 1.66. The van der Waals surface area contributed by atoms with E-state index in [0.29, 0.717) is 0 Å². The van der Waals surface area contributed by atoms with E-state index in [2.05, 4.69) is 0 Å². The van der Waals surface area contributed by atoms with Gasteiger partial charge in [-0.2, -0.15) is 0 Å². The molecule has 0 aromatic heterocycles. The van der Waals surface area contributed by atoms with E-state index in [0.717, 1.165) is 11.3 Å². The molecule has 1 aromatic rings. The molecule has 0 saturated heterocycles. The molecule has 4 nitrogen and oxygen atoms in total. The fraction of sp³-hybridized carbons (Fsp3) is 0.250. The lowest BCUT2D eigenvalue weighted by atomic mass is 10.2. The quantitative estimate of drug-likeness (QED) is 0.767. The Hall–Kier alpha value is -1.07. The first-order valence-electron chi connectivity index (χ1n) is 3.68. The average Bonchev–Trinajstić information content (AvgIpc) is 2.03. The van der Waals surface area contributed by atoms with Crippen LogP contribution in [0, 0.1) is 4.78 Å². The van der Waals surface area contributed by atoms with Crippen molar-refractivity contribution in [3.8, 4) is 5.75 Å². The van der Waals surface area contributed by atoms with Gasteiger partial charge in [-0.3, -0.25) is 0 Å². The molecule has 0 spiro atoms. The second kappa shape index (κ2) is 3.76. The molecule has 1 unspecified atom stereocenters. The van der Waals surface area contributed by atoms with Gasteiger partial charge in [0, 0.05) is 0 Å². The first kappa shape index (κ1) is 10.0. The normalized spacial score (nSPS) is 14.9. The summed E-state index contributed by atoms with van der Waals surface area (Å²) in [6.07, 6.45) is 0. The molecule has 3 N–H and O–H groups in total. The Morgan fingerprint density at radius 1 is 1.46 bits per heavy atom. The highest BCUT2D eigenvalue weighted by Crippen LogP contribution is 2.12. The average molecular weight is 200 g/mol. The molecule has 0 heterocycles. The lowest BCUT2D eigenvalue weighted by molar-refractivity contribution is 0.414. The summed E-state index contributed by atoms with van der Waals surface area (Å²) in [5.41, 5.74) is 0.781. The van der Waals surface area contributed by atoms with Gasteiger partial charge in [0.2, 0.25) is 0 Å². The van der Waals surface area contributed by atoms with Crippen LogP contribution in [-0.2, 0) is 15.7 Å². The van der Waals surface area contributed by atoms with Crippen LogP contribution < -0.4 is 9.88 Å². The molecular formula is C8H12N2O2S. The van der Waals surface area contributed by atoms with Gasteiger partial charge < -0.3 is 4.74 Å². The number of nitrogens with two attached hydrogens (primary N) is 1. The summed E-state index contributed by atoms with van der Waals surface area (Å²) in [6, 6.07) is 7.00. The zero-order valence-corrected chi connectivity index (χ0v) is 8.14. The molecule has 1 rings (SSSR count). The van der Waals surface area contributed by atoms with Crippen LogP contribution in [0.1, 0.15) is 5.56 Å². The van der Waals surface area contributed by atoms with Crippen molar-refractivity contribution in [2.24, 2.45) is 5.14 Å². The number of rotatable bonds is 3. The van der Waals surface area contributed by atoms with Crippen LogP contribution in [0.3, 0.4) is 0 Å². The molecular weight excluding hydrogens is 188 g/mol. The highest BCUT2D eigenvalue weighted by molar-refractivity contribution is 7.89. The minimum Gasteiger partial charge on any atom is -0.497 e. The summed E-state index contributed by atoms with van der Waals surface area (Å²) in [5, 5.41) is 5.10. The van der Waals surface area contributed by atoms with E-state index in [9.17, 15) is 4.21 Å². The van der Waals surface area contributed by atoms with Crippen molar-refractivity contribution in [3.63, 3.8) is 0 Å². The van der Waals surface area contributed by atoms with Crippen LogP contribution in [0.4, 0.5) is 0 Å². The van der Waals surface area contributed by atoms with E-state index < -0.39 is 9.92 Å². The van der Waals surface area contributed by atoms with E-state index in [-0.39, 0.29) is 5.75 Å². The Morgan fingerprint density at radius 3 is 2.38 bits per heavy atom. The molecule has 0 aliphatic rings. The Kier molecular flexibility index (Phi) is 2.90. The maximum atomic E-state index is 10.9. The van der Waals surface area contributed by atoms with Crippen LogP contribution in [0.2, 0.25) is 0 Å². The lowest BCUT2D eigenvalue weighted by Gasteiger charge is -2.02. The topological polar surface area (TPSA) is 76.2 Å². The zero-order valence-electron chi connectivity index (χ0n) is 7.32. The van der Waals surface area contributed by atoms with Gasteiger partial charge in [-0.1, -0.05) is 12.1 Å². The Balaban J connectivity index is 2.81. The SMILES string of the molecule is COc1ccc(CS(=N)(N)=O)cc1. The van der Waals surface area contributed by atoms with E-state index in [1.54, 1.807) is 31.4 Å². The zero-order chi connectivity index (χ0) is 9.90. The van der Waals surface area contributed by atoms with Crippen LogP contribution in [0.5, 0.6) is 5.75 Å². The number of ether oxygens (including phenoxy) is 1. The fourth-order valence-electron chi connectivity index (χ4n) is 0.969. The predicted octanol–water partition coefficient (Wildman–Crippen LogP) is 1.12. The van der Waals surface area contributed by atoms with Crippen LogP contribution in [-0.4, -0.2) is 11.3 Å². The molecule has 0 amide bonds. The lowest BCUT2D eigenvalue weighted by Crippen LogP contribution is -2.12. The predicted molar refractivity (Wildman–Crippen MR) is 51.7 cm³/mol. The van der Waals surface area contributed by atoms with E-state index >= 15 is 0 Å². The molecule has 1 aromatic carbocycles. The number of nitrogens with one attached hydrogen (secondary N) is 1. The Labute approximate surface area is 77.8 Å². The van der Waals surface area contributed by atoms with Crippen molar-refractivity contribution in [2.45, 2.75) is 5.75 Å². The molecule has 0 aliphatic heterocycles. The second-order valence-electron chi connectivity index (χ2n) is 2.72. The summed E-state index contributed by atoms with van der Waals surface area (Å²) in [6.45, 7) is 0. The van der Waals surface area contributed by atoms with Crippen LogP contribution in [0.25, 0.3) is 0 Å². The van der Waals surface area contributed by atoms with Gasteiger partial charge in [-0.25, -0.2) is 14.1 Å². The van der Waals surface area contributed by atoms with Gasteiger partial charge in [0.15, 0.2) is 0 Å². The van der Waals surface area contributed by atoms with E-state index in [1.165, 1.54) is 0 Å². The molecule has 72 valence electrons. The third-order valence-electron chi connectivity index (χ3n) is 1.54. The van der Waals surface area contributed by atoms with Gasteiger partial charge in [-0.05, 0) is 17.7 Å². The van der Waals surface area contributed by atoms with E-state index in [4.69, 9.17) is 14.7 Å². The monoisotopic (exact) mass is 200 g/mol. The molecule has 0 bridgehead atoms. The number of hydrogen-bond donors (Lipinski definition) is 2. The summed E-state index contributed by atoms with van der Waals surface area (Å²) in [7, 11) is -1.36. The van der Waals surface area contributed by atoms with Crippen molar-refractivity contribution in [2.75, 3.05) is 7.11 Å². The third-order valence-corrected chi connectivity index (χ3v) is 2.30. The van der Waals surface area contributed by atoms with Crippen molar-refractivity contribution < 1.29 is 8.95 Å². The Morgan fingerprint density at radius 2 is 2.00 bits per heavy atom. The standard InChI is InChI=1S/C8H12N2O2S/c1-12-8-4-2-7(3-5-8)6-13(9,10)11/h2-5H,6H2,1H3,(H3,9,10,11). The van der Waals surface area contributed by atoms with Gasteiger partial charge in [0.1, 0.15) is 15.7 Å². The van der Waals surface area contributed by atoms with Gasteiger partial charge in [0.05, 0.1) is 12.9 Å². The summed E-state index contributed by atoms with van der Waals surface area (Å²) >= 11 is 0. The molecule has 0 aliphatic carbocycles. The van der Waals surface area contributed by atoms with Crippen LogP contribution >= 0.6 is 0 Å². The maximum Gasteiger partial charge on any atom is 0.118 e. The van der Waals surface area contributed by atoms with Crippen LogP contribution in [0.15, 0.2) is 24.3 Å². The maximum absolute atomic E-state index is 10.9. The highest BCUT2D eigenvalue weighted by Gasteiger charge is 2.00. The van der Waals surface area contributed by atoms with Crippen molar-refractivity contribution >= 4 is 9.92 Å². The molecule has 0 radical (unpaired) electrons. The molecule has 1 atom stereocenters. The van der Waals surface area contributed by atoms with E-state index in [1.807, 2.05) is 0 Å². The minimum absolute atomic E-state index is 0.0804.